The number of aryl methyl sites for hydroxylation is 1. The number of morpholine rings is 1. The molecule has 22 heavy (non-hydrogen) atoms. The van der Waals surface area contributed by atoms with Crippen LogP contribution in [0.5, 0.6) is 0 Å². The zero-order valence-electron chi connectivity index (χ0n) is 13.3. The third-order valence-corrected chi connectivity index (χ3v) is 4.46. The van der Waals surface area contributed by atoms with Crippen LogP contribution >= 0.6 is 11.8 Å². The van der Waals surface area contributed by atoms with E-state index >= 15 is 0 Å². The fraction of sp³-hybridized carbons (Fsp3) is 0.500. The Balaban J connectivity index is 2.04. The average Bonchev–Trinajstić information content (AvgIpc) is 2.91. The van der Waals surface area contributed by atoms with Gasteiger partial charge in [0.05, 0.1) is 18.9 Å². The lowest BCUT2D eigenvalue weighted by molar-refractivity contribution is 0.122. The monoisotopic (exact) mass is 318 g/mol. The molecule has 0 atom stereocenters. The minimum absolute atomic E-state index is 0.463. The molecule has 0 amide bonds. The Morgan fingerprint density at radius 3 is 2.64 bits per heavy atom. The van der Waals surface area contributed by atoms with Gasteiger partial charge in [0.1, 0.15) is 0 Å². The van der Waals surface area contributed by atoms with Crippen LogP contribution in [0.4, 0.5) is 5.95 Å². The third-order valence-electron chi connectivity index (χ3n) is 3.51. The zero-order chi connectivity index (χ0) is 15.5. The number of aromatic nitrogens is 3. The van der Waals surface area contributed by atoms with Crippen molar-refractivity contribution in [1.82, 2.24) is 14.8 Å². The molecular weight excluding hydrogens is 296 g/mol. The SMILES string of the molecule is Cc1cccc(-n2c(SC(C)C)nnc2N2CCOCC2)c1. The molecule has 5 nitrogen and oxygen atoms in total. The molecule has 1 fully saturated rings. The van der Waals surface area contributed by atoms with Crippen LogP contribution in [-0.2, 0) is 4.74 Å². The number of hydrogen-bond donors (Lipinski definition) is 0. The first-order valence-corrected chi connectivity index (χ1v) is 8.55. The largest absolute Gasteiger partial charge is 0.378 e. The van der Waals surface area contributed by atoms with Crippen LogP contribution in [0.15, 0.2) is 29.4 Å². The zero-order valence-corrected chi connectivity index (χ0v) is 14.1. The molecule has 0 N–H and O–H groups in total. The fourth-order valence-electron chi connectivity index (χ4n) is 2.51. The molecule has 1 aromatic carbocycles. The van der Waals surface area contributed by atoms with Crippen molar-refractivity contribution in [3.8, 4) is 5.69 Å². The van der Waals surface area contributed by atoms with Crippen molar-refractivity contribution in [2.24, 2.45) is 0 Å². The quantitative estimate of drug-likeness (QED) is 0.811. The first-order chi connectivity index (χ1) is 10.6. The van der Waals surface area contributed by atoms with Gasteiger partial charge in [-0.05, 0) is 24.6 Å². The molecule has 0 radical (unpaired) electrons. The second-order valence-electron chi connectivity index (χ2n) is 5.72. The van der Waals surface area contributed by atoms with Crippen LogP contribution in [0.25, 0.3) is 5.69 Å². The topological polar surface area (TPSA) is 43.2 Å². The Morgan fingerprint density at radius 2 is 1.95 bits per heavy atom. The highest BCUT2D eigenvalue weighted by atomic mass is 32.2. The minimum atomic E-state index is 0.463. The molecule has 0 saturated carbocycles. The van der Waals surface area contributed by atoms with Gasteiger partial charge in [-0.25, -0.2) is 0 Å². The van der Waals surface area contributed by atoms with Gasteiger partial charge in [0.15, 0.2) is 5.16 Å². The number of anilines is 1. The predicted octanol–water partition coefficient (Wildman–Crippen LogP) is 2.91. The summed E-state index contributed by atoms with van der Waals surface area (Å²) in [5, 5.41) is 10.3. The van der Waals surface area contributed by atoms with Gasteiger partial charge in [0.25, 0.3) is 0 Å². The van der Waals surface area contributed by atoms with E-state index < -0.39 is 0 Å². The summed E-state index contributed by atoms with van der Waals surface area (Å²) < 4.78 is 7.62. The summed E-state index contributed by atoms with van der Waals surface area (Å²) in [5.41, 5.74) is 2.36. The first-order valence-electron chi connectivity index (χ1n) is 7.67. The van der Waals surface area contributed by atoms with Crippen LogP contribution in [-0.4, -0.2) is 46.3 Å². The highest BCUT2D eigenvalue weighted by molar-refractivity contribution is 7.99. The highest BCUT2D eigenvalue weighted by Gasteiger charge is 2.22. The van der Waals surface area contributed by atoms with E-state index in [1.807, 2.05) is 0 Å². The van der Waals surface area contributed by atoms with E-state index in [2.05, 4.69) is 64.7 Å². The molecule has 6 heteroatoms. The molecule has 1 aliphatic rings. The lowest BCUT2D eigenvalue weighted by Crippen LogP contribution is -2.37. The van der Waals surface area contributed by atoms with Crippen molar-refractivity contribution in [2.75, 3.05) is 31.2 Å². The van der Waals surface area contributed by atoms with Crippen LogP contribution in [0, 0.1) is 6.92 Å². The molecule has 1 aliphatic heterocycles. The first kappa shape index (κ1) is 15.4. The van der Waals surface area contributed by atoms with Gasteiger partial charge in [-0.3, -0.25) is 4.57 Å². The van der Waals surface area contributed by atoms with Gasteiger partial charge in [-0.2, -0.15) is 0 Å². The van der Waals surface area contributed by atoms with Gasteiger partial charge in [-0.15, -0.1) is 10.2 Å². The molecule has 118 valence electrons. The molecule has 0 unspecified atom stereocenters. The smallest absolute Gasteiger partial charge is 0.232 e. The van der Waals surface area contributed by atoms with Crippen LogP contribution in [0.1, 0.15) is 19.4 Å². The average molecular weight is 318 g/mol. The van der Waals surface area contributed by atoms with Crippen LogP contribution in [0.2, 0.25) is 0 Å². The predicted molar refractivity (Wildman–Crippen MR) is 90.1 cm³/mol. The van der Waals surface area contributed by atoms with Crippen molar-refractivity contribution in [1.29, 1.82) is 0 Å². The lowest BCUT2D eigenvalue weighted by atomic mass is 10.2. The normalized spacial score (nSPS) is 15.5. The summed E-state index contributed by atoms with van der Waals surface area (Å²) in [7, 11) is 0. The van der Waals surface area contributed by atoms with E-state index in [9.17, 15) is 0 Å². The summed E-state index contributed by atoms with van der Waals surface area (Å²) in [6.07, 6.45) is 0. The Bertz CT molecular complexity index is 635. The molecule has 0 bridgehead atoms. The fourth-order valence-corrected chi connectivity index (χ4v) is 3.31. The highest BCUT2D eigenvalue weighted by Crippen LogP contribution is 2.29. The molecule has 1 saturated heterocycles. The van der Waals surface area contributed by atoms with E-state index in [1.165, 1.54) is 5.56 Å². The third kappa shape index (κ3) is 3.28. The Labute approximate surface area is 135 Å². The van der Waals surface area contributed by atoms with Gasteiger partial charge in [0.2, 0.25) is 5.95 Å². The molecule has 0 aliphatic carbocycles. The maximum atomic E-state index is 5.45. The molecule has 2 aromatic rings. The van der Waals surface area contributed by atoms with E-state index in [1.54, 1.807) is 11.8 Å². The van der Waals surface area contributed by atoms with Gasteiger partial charge < -0.3 is 9.64 Å². The summed E-state index contributed by atoms with van der Waals surface area (Å²) >= 11 is 1.74. The molecule has 1 aromatic heterocycles. The maximum Gasteiger partial charge on any atom is 0.232 e. The van der Waals surface area contributed by atoms with Crippen molar-refractivity contribution in [3.63, 3.8) is 0 Å². The number of thioether (sulfide) groups is 1. The lowest BCUT2D eigenvalue weighted by Gasteiger charge is -2.28. The molecule has 0 spiro atoms. The van der Waals surface area contributed by atoms with Gasteiger partial charge in [0, 0.05) is 18.3 Å². The van der Waals surface area contributed by atoms with Crippen molar-refractivity contribution in [3.05, 3.63) is 29.8 Å². The second-order valence-corrected chi connectivity index (χ2v) is 7.27. The summed E-state index contributed by atoms with van der Waals surface area (Å²) in [5.74, 6) is 0.914. The van der Waals surface area contributed by atoms with Crippen LogP contribution < -0.4 is 4.90 Å². The number of hydrogen-bond acceptors (Lipinski definition) is 5. The number of nitrogens with zero attached hydrogens (tertiary/aromatic N) is 4. The molecule has 2 heterocycles. The summed E-state index contributed by atoms with van der Waals surface area (Å²) in [4.78, 5) is 2.25. The number of benzene rings is 1. The summed E-state index contributed by atoms with van der Waals surface area (Å²) in [6, 6.07) is 8.48. The van der Waals surface area contributed by atoms with E-state index in [0.29, 0.717) is 5.25 Å². The Morgan fingerprint density at radius 1 is 1.18 bits per heavy atom. The van der Waals surface area contributed by atoms with Crippen LogP contribution in [0.3, 0.4) is 0 Å². The van der Waals surface area contributed by atoms with E-state index in [0.717, 1.165) is 43.1 Å². The number of ether oxygens (including phenoxy) is 1. The number of rotatable bonds is 4. The summed E-state index contributed by atoms with van der Waals surface area (Å²) in [6.45, 7) is 9.66. The molecule has 3 rings (SSSR count). The van der Waals surface area contributed by atoms with Crippen molar-refractivity contribution < 1.29 is 4.74 Å². The standard InChI is InChI=1S/C16H22N4OS/c1-12(2)22-16-18-17-15(19-7-9-21-10-8-19)20(16)14-6-4-5-13(3)11-14/h4-6,11-12H,7-10H2,1-3H3. The maximum absolute atomic E-state index is 5.45. The van der Waals surface area contributed by atoms with Crippen molar-refractivity contribution >= 4 is 17.7 Å². The Hall–Kier alpha value is -1.53. The Kier molecular flexibility index (Phi) is 4.69. The van der Waals surface area contributed by atoms with Gasteiger partial charge in [-0.1, -0.05) is 37.7 Å². The van der Waals surface area contributed by atoms with E-state index in [-0.39, 0.29) is 0 Å². The minimum Gasteiger partial charge on any atom is -0.378 e. The molecular formula is C16H22N4OS. The van der Waals surface area contributed by atoms with Gasteiger partial charge >= 0.3 is 0 Å². The second kappa shape index (κ2) is 6.71. The van der Waals surface area contributed by atoms with E-state index in [4.69, 9.17) is 4.74 Å². The van der Waals surface area contributed by atoms with Crippen molar-refractivity contribution in [2.45, 2.75) is 31.2 Å².